The van der Waals surface area contributed by atoms with E-state index in [1.54, 1.807) is 12.1 Å². The van der Waals surface area contributed by atoms with Crippen molar-refractivity contribution in [1.82, 2.24) is 0 Å². The number of rotatable bonds is 6. The van der Waals surface area contributed by atoms with Crippen molar-refractivity contribution in [2.75, 3.05) is 6.54 Å². The van der Waals surface area contributed by atoms with E-state index in [0.29, 0.717) is 18.0 Å². The lowest BCUT2D eigenvalue weighted by Crippen LogP contribution is -2.93. The summed E-state index contributed by atoms with van der Waals surface area (Å²) >= 11 is 0. The van der Waals surface area contributed by atoms with Crippen LogP contribution in [-0.2, 0) is 0 Å². The molecule has 0 aliphatic heterocycles. The fourth-order valence-electron chi connectivity index (χ4n) is 6.27. The van der Waals surface area contributed by atoms with Crippen molar-refractivity contribution in [3.05, 3.63) is 39.9 Å². The van der Waals surface area contributed by atoms with Crippen molar-refractivity contribution in [1.29, 1.82) is 0 Å². The van der Waals surface area contributed by atoms with Gasteiger partial charge in [-0.25, -0.2) is 0 Å². The molecule has 0 saturated heterocycles. The highest BCUT2D eigenvalue weighted by Crippen LogP contribution is 2.60. The van der Waals surface area contributed by atoms with Crippen molar-refractivity contribution in [2.45, 2.75) is 57.6 Å². The van der Waals surface area contributed by atoms with Crippen molar-refractivity contribution < 1.29 is 15.3 Å². The van der Waals surface area contributed by atoms with Crippen LogP contribution in [0.4, 0.5) is 5.69 Å². The number of non-ortho nitro benzene ring substituents is 1. The summed E-state index contributed by atoms with van der Waals surface area (Å²) in [6.07, 6.45) is 7.93. The summed E-state index contributed by atoms with van der Waals surface area (Å²) < 4.78 is 0. The average molecular weight is 345 g/mol. The maximum absolute atomic E-state index is 10.7. The van der Waals surface area contributed by atoms with Gasteiger partial charge < -0.3 is 10.4 Å². The molecule has 4 fully saturated rings. The van der Waals surface area contributed by atoms with Crippen LogP contribution in [0.1, 0.15) is 57.1 Å². The van der Waals surface area contributed by atoms with Crippen molar-refractivity contribution in [2.24, 2.45) is 23.2 Å². The molecule has 5 nitrogen and oxygen atoms in total. The molecular weight excluding hydrogens is 316 g/mol. The smallest absolute Gasteiger partial charge is 0.269 e. The van der Waals surface area contributed by atoms with E-state index in [1.807, 2.05) is 0 Å². The molecule has 4 bridgehead atoms. The number of quaternary nitrogens is 1. The number of aliphatic hydroxyl groups is 1. The second-order valence-corrected chi connectivity index (χ2v) is 8.90. The Hall–Kier alpha value is -1.46. The molecule has 5 heteroatoms. The third kappa shape index (κ3) is 3.20. The number of aliphatic hydroxyl groups excluding tert-OH is 1. The lowest BCUT2D eigenvalue weighted by molar-refractivity contribution is -0.708. The zero-order chi connectivity index (χ0) is 17.6. The molecule has 1 aromatic carbocycles. The summed E-state index contributed by atoms with van der Waals surface area (Å²) in [6, 6.07) is 6.83. The molecular formula is C20H29N2O3+. The van der Waals surface area contributed by atoms with Gasteiger partial charge in [-0.2, -0.15) is 0 Å². The normalized spacial score (nSPS) is 35.5. The first-order valence-electron chi connectivity index (χ1n) is 9.71. The van der Waals surface area contributed by atoms with Crippen molar-refractivity contribution in [3.63, 3.8) is 0 Å². The molecule has 0 radical (unpaired) electrons. The molecule has 5 rings (SSSR count). The van der Waals surface area contributed by atoms with Crippen LogP contribution in [0.5, 0.6) is 0 Å². The van der Waals surface area contributed by atoms with Crippen LogP contribution in [0, 0.1) is 33.3 Å². The fourth-order valence-corrected chi connectivity index (χ4v) is 6.27. The van der Waals surface area contributed by atoms with Gasteiger partial charge in [0.2, 0.25) is 0 Å². The number of nitro groups is 1. The molecule has 4 aliphatic carbocycles. The van der Waals surface area contributed by atoms with E-state index in [4.69, 9.17) is 0 Å². The zero-order valence-corrected chi connectivity index (χ0v) is 14.9. The van der Waals surface area contributed by atoms with E-state index < -0.39 is 11.0 Å². The number of hydrogen-bond donors (Lipinski definition) is 2. The summed E-state index contributed by atoms with van der Waals surface area (Å²) in [5.74, 6) is 2.84. The molecule has 2 atom stereocenters. The summed E-state index contributed by atoms with van der Waals surface area (Å²) in [6.45, 7) is 2.97. The molecule has 0 unspecified atom stereocenters. The first kappa shape index (κ1) is 17.0. The minimum atomic E-state index is -0.572. The van der Waals surface area contributed by atoms with Crippen LogP contribution in [0.25, 0.3) is 0 Å². The Labute approximate surface area is 149 Å². The Morgan fingerprint density at radius 2 is 1.68 bits per heavy atom. The summed E-state index contributed by atoms with van der Waals surface area (Å²) in [7, 11) is 0. The number of benzene rings is 1. The van der Waals surface area contributed by atoms with Gasteiger partial charge in [-0.15, -0.1) is 0 Å². The van der Waals surface area contributed by atoms with Gasteiger partial charge in [0, 0.05) is 17.5 Å². The van der Waals surface area contributed by atoms with Crippen LogP contribution in [0.2, 0.25) is 0 Å². The molecule has 0 aromatic heterocycles. The van der Waals surface area contributed by atoms with Crippen LogP contribution >= 0.6 is 0 Å². The molecule has 136 valence electrons. The largest absolute Gasteiger partial charge is 0.382 e. The topological polar surface area (TPSA) is 80.0 Å². The van der Waals surface area contributed by atoms with Crippen LogP contribution < -0.4 is 5.32 Å². The zero-order valence-electron chi connectivity index (χ0n) is 14.9. The summed E-state index contributed by atoms with van der Waals surface area (Å²) in [4.78, 5) is 10.3. The Morgan fingerprint density at radius 3 is 2.16 bits per heavy atom. The monoisotopic (exact) mass is 345 g/mol. The standard InChI is InChI=1S/C20H28N2O3/c1-13(20-9-14-6-15(10-20)8-16(7-14)11-20)21-12-19(23)17-2-4-18(5-3-17)22(24)25/h2-5,13-16,19,21,23H,6-12H2,1H3/p+1/t13-,14?,15?,16?,19-,20?/m0/s1. The molecule has 0 amide bonds. The van der Waals surface area contributed by atoms with Gasteiger partial charge in [0.25, 0.3) is 5.69 Å². The first-order chi connectivity index (χ1) is 11.9. The SMILES string of the molecule is C[C@H]([NH2+]C[C@H](O)c1ccc([N+](=O)[O-])cc1)C12CC3CC(CC(C3)C1)C2. The third-order valence-corrected chi connectivity index (χ3v) is 7.25. The predicted octanol–water partition coefficient (Wildman–Crippen LogP) is 2.80. The third-order valence-electron chi connectivity index (χ3n) is 7.25. The molecule has 3 N–H and O–H groups in total. The Kier molecular flexibility index (Phi) is 4.32. The van der Waals surface area contributed by atoms with Crippen molar-refractivity contribution >= 4 is 5.69 Å². The summed E-state index contributed by atoms with van der Waals surface area (Å²) in [5, 5.41) is 23.5. The second-order valence-electron chi connectivity index (χ2n) is 8.90. The highest BCUT2D eigenvalue weighted by atomic mass is 16.6. The highest BCUT2D eigenvalue weighted by molar-refractivity contribution is 5.33. The maximum atomic E-state index is 10.7. The van der Waals surface area contributed by atoms with Gasteiger partial charge in [-0.3, -0.25) is 10.1 Å². The number of hydrogen-bond acceptors (Lipinski definition) is 3. The Balaban J connectivity index is 1.37. The first-order valence-corrected chi connectivity index (χ1v) is 9.71. The highest BCUT2D eigenvalue weighted by Gasteiger charge is 2.54. The lowest BCUT2D eigenvalue weighted by atomic mass is 9.48. The van der Waals surface area contributed by atoms with E-state index in [9.17, 15) is 15.2 Å². The fraction of sp³-hybridized carbons (Fsp3) is 0.700. The van der Waals surface area contributed by atoms with Gasteiger partial charge in [0.05, 0.1) is 11.0 Å². The number of nitrogens with zero attached hydrogens (tertiary/aromatic N) is 1. The molecule has 0 spiro atoms. The average Bonchev–Trinajstić information content (AvgIpc) is 2.58. The van der Waals surface area contributed by atoms with Gasteiger partial charge >= 0.3 is 0 Å². The van der Waals surface area contributed by atoms with E-state index in [2.05, 4.69) is 12.2 Å². The van der Waals surface area contributed by atoms with Gasteiger partial charge in [0.15, 0.2) is 0 Å². The quantitative estimate of drug-likeness (QED) is 0.614. The minimum absolute atomic E-state index is 0.0712. The van der Waals surface area contributed by atoms with E-state index >= 15 is 0 Å². The van der Waals surface area contributed by atoms with E-state index in [1.165, 1.54) is 50.7 Å². The molecule has 4 saturated carbocycles. The van der Waals surface area contributed by atoms with Crippen molar-refractivity contribution in [3.8, 4) is 0 Å². The molecule has 25 heavy (non-hydrogen) atoms. The second kappa shape index (κ2) is 6.36. The minimum Gasteiger partial charge on any atom is -0.382 e. The number of nitrogens with two attached hydrogens (primary N) is 1. The van der Waals surface area contributed by atoms with Gasteiger partial charge in [-0.1, -0.05) is 0 Å². The predicted molar refractivity (Wildman–Crippen MR) is 94.9 cm³/mol. The maximum Gasteiger partial charge on any atom is 0.269 e. The lowest BCUT2D eigenvalue weighted by Gasteiger charge is -2.57. The van der Waals surface area contributed by atoms with Gasteiger partial charge in [-0.05, 0) is 80.9 Å². The molecule has 0 heterocycles. The summed E-state index contributed by atoms with van der Waals surface area (Å²) in [5.41, 5.74) is 1.31. The Bertz CT molecular complexity index is 608. The van der Waals surface area contributed by atoms with Crippen LogP contribution in [-0.4, -0.2) is 22.6 Å². The molecule has 1 aromatic rings. The van der Waals surface area contributed by atoms with E-state index in [0.717, 1.165) is 23.3 Å². The van der Waals surface area contributed by atoms with E-state index in [-0.39, 0.29) is 5.69 Å². The van der Waals surface area contributed by atoms with Crippen LogP contribution in [0.15, 0.2) is 24.3 Å². The Morgan fingerprint density at radius 1 is 1.16 bits per heavy atom. The van der Waals surface area contributed by atoms with Crippen LogP contribution in [0.3, 0.4) is 0 Å². The molecule has 4 aliphatic rings. The van der Waals surface area contributed by atoms with Gasteiger partial charge in [0.1, 0.15) is 12.6 Å². The number of nitro benzene ring substituents is 1.